The van der Waals surface area contributed by atoms with Crippen LogP contribution in [0.1, 0.15) is 74.3 Å². The predicted octanol–water partition coefficient (Wildman–Crippen LogP) is 5.91. The molecule has 3 aromatic rings. The number of carbonyl (C=O) groups excluding carboxylic acids is 1. The van der Waals surface area contributed by atoms with Gasteiger partial charge in [0.05, 0.1) is 18.2 Å². The fourth-order valence-corrected chi connectivity index (χ4v) is 5.01. The van der Waals surface area contributed by atoms with E-state index in [1.165, 1.54) is 6.42 Å². The van der Waals surface area contributed by atoms with Crippen molar-refractivity contribution in [3.63, 3.8) is 0 Å². The maximum Gasteiger partial charge on any atom is 0.315 e. The van der Waals surface area contributed by atoms with E-state index in [1.807, 2.05) is 65.2 Å². The first-order valence-corrected chi connectivity index (χ1v) is 13.4. The molecular weight excluding hydrogens is 460 g/mol. The summed E-state index contributed by atoms with van der Waals surface area (Å²) in [6.45, 7) is 2.80. The fourth-order valence-electron chi connectivity index (χ4n) is 5.01. The summed E-state index contributed by atoms with van der Waals surface area (Å²) >= 11 is 0. The van der Waals surface area contributed by atoms with Gasteiger partial charge in [0, 0.05) is 23.8 Å². The topological polar surface area (TPSA) is 86.9 Å². The van der Waals surface area contributed by atoms with Crippen molar-refractivity contribution in [2.24, 2.45) is 0 Å². The van der Waals surface area contributed by atoms with E-state index in [1.54, 1.807) is 0 Å². The highest BCUT2D eigenvalue weighted by molar-refractivity contribution is 5.74. The Bertz CT molecular complexity index is 1300. The van der Waals surface area contributed by atoms with E-state index in [0.717, 1.165) is 67.3 Å². The minimum Gasteiger partial charge on any atom is -0.335 e. The molecule has 6 nitrogen and oxygen atoms in total. The molecule has 2 N–H and O–H groups in total. The van der Waals surface area contributed by atoms with Crippen LogP contribution in [0.2, 0.25) is 0 Å². The molecule has 0 spiro atoms. The minimum absolute atomic E-state index is 0.0644. The maximum absolute atomic E-state index is 13.5. The number of benzene rings is 2. The first-order valence-electron chi connectivity index (χ1n) is 13.4. The highest BCUT2D eigenvalue weighted by Crippen LogP contribution is 2.24. The molecule has 0 aliphatic heterocycles. The lowest BCUT2D eigenvalue weighted by molar-refractivity contribution is 0.232. The van der Waals surface area contributed by atoms with Crippen LogP contribution in [0.25, 0.3) is 11.1 Å². The molecule has 1 aromatic heterocycles. The number of aryl methyl sites for hydroxylation is 1. The SMILES string of the molecule is CCCCc1ccc(CNC(=O)NC2CCCCC2)c(=O)n1Cc1ccc(-c2ccccc2C#N)cc1. The van der Waals surface area contributed by atoms with Gasteiger partial charge in [-0.25, -0.2) is 4.79 Å². The number of rotatable bonds is 9. The van der Waals surface area contributed by atoms with E-state index in [0.29, 0.717) is 17.7 Å². The Morgan fingerprint density at radius 2 is 1.78 bits per heavy atom. The van der Waals surface area contributed by atoms with E-state index >= 15 is 0 Å². The monoisotopic (exact) mass is 496 g/mol. The molecule has 1 fully saturated rings. The van der Waals surface area contributed by atoms with Crippen molar-refractivity contribution in [3.8, 4) is 17.2 Å². The van der Waals surface area contributed by atoms with Crippen molar-refractivity contribution in [1.29, 1.82) is 5.26 Å². The van der Waals surface area contributed by atoms with Crippen LogP contribution in [0, 0.1) is 11.3 Å². The average Bonchev–Trinajstić information content (AvgIpc) is 2.93. The molecule has 2 amide bonds. The van der Waals surface area contributed by atoms with Gasteiger partial charge < -0.3 is 15.2 Å². The molecule has 0 bridgehead atoms. The zero-order chi connectivity index (χ0) is 26.0. The lowest BCUT2D eigenvalue weighted by Crippen LogP contribution is -2.43. The number of hydrogen-bond acceptors (Lipinski definition) is 3. The molecule has 1 saturated carbocycles. The molecule has 1 aliphatic rings. The Kier molecular flexibility index (Phi) is 9.15. The molecule has 1 heterocycles. The van der Waals surface area contributed by atoms with Crippen molar-refractivity contribution in [3.05, 3.63) is 93.4 Å². The molecule has 2 aromatic carbocycles. The number of nitrogens with zero attached hydrogens (tertiary/aromatic N) is 2. The van der Waals surface area contributed by atoms with E-state index in [-0.39, 0.29) is 24.2 Å². The van der Waals surface area contributed by atoms with E-state index < -0.39 is 0 Å². The molecule has 0 saturated heterocycles. The van der Waals surface area contributed by atoms with Crippen LogP contribution >= 0.6 is 0 Å². The number of unbranched alkanes of at least 4 members (excludes halogenated alkanes) is 1. The number of pyridine rings is 1. The molecule has 0 unspecified atom stereocenters. The summed E-state index contributed by atoms with van der Waals surface area (Å²) in [6, 6.07) is 21.7. The number of amides is 2. The van der Waals surface area contributed by atoms with Crippen LogP contribution in [-0.4, -0.2) is 16.6 Å². The predicted molar refractivity (Wildman–Crippen MR) is 147 cm³/mol. The van der Waals surface area contributed by atoms with Crippen LogP contribution < -0.4 is 16.2 Å². The van der Waals surface area contributed by atoms with Crippen LogP contribution in [0.4, 0.5) is 4.79 Å². The molecule has 192 valence electrons. The Balaban J connectivity index is 1.50. The highest BCUT2D eigenvalue weighted by Gasteiger charge is 2.16. The average molecular weight is 497 g/mol. The van der Waals surface area contributed by atoms with Gasteiger partial charge in [0.1, 0.15) is 0 Å². The van der Waals surface area contributed by atoms with Crippen molar-refractivity contribution >= 4 is 6.03 Å². The third kappa shape index (κ3) is 6.89. The molecule has 1 aliphatic carbocycles. The number of carbonyl (C=O) groups is 1. The number of urea groups is 1. The Hall–Kier alpha value is -3.85. The number of aromatic nitrogens is 1. The minimum atomic E-state index is -0.207. The lowest BCUT2D eigenvalue weighted by atomic mass is 9.96. The Morgan fingerprint density at radius 1 is 1.03 bits per heavy atom. The van der Waals surface area contributed by atoms with E-state index in [4.69, 9.17) is 0 Å². The van der Waals surface area contributed by atoms with Gasteiger partial charge in [0.25, 0.3) is 5.56 Å². The van der Waals surface area contributed by atoms with Crippen molar-refractivity contribution < 1.29 is 4.79 Å². The van der Waals surface area contributed by atoms with Gasteiger partial charge in [-0.05, 0) is 60.6 Å². The van der Waals surface area contributed by atoms with Gasteiger partial charge in [0.2, 0.25) is 0 Å². The quantitative estimate of drug-likeness (QED) is 0.386. The molecule has 37 heavy (non-hydrogen) atoms. The summed E-state index contributed by atoms with van der Waals surface area (Å²) < 4.78 is 1.84. The van der Waals surface area contributed by atoms with Crippen LogP contribution in [0.15, 0.2) is 65.5 Å². The Labute approximate surface area is 219 Å². The standard InChI is InChI=1S/C31H36N4O2/c1-2-3-12-28-19-18-26(21-33-31(37)34-27-10-5-4-6-11-27)30(36)35(28)22-23-14-16-24(17-15-23)29-13-8-7-9-25(29)20-32/h7-9,13-19,27H,2-6,10-12,21-22H2,1H3,(H2,33,34,37). The molecule has 0 radical (unpaired) electrons. The second-order valence-corrected chi connectivity index (χ2v) is 9.86. The summed E-state index contributed by atoms with van der Waals surface area (Å²) in [5.74, 6) is 0. The summed E-state index contributed by atoms with van der Waals surface area (Å²) in [6.07, 6.45) is 8.47. The lowest BCUT2D eigenvalue weighted by Gasteiger charge is -2.23. The summed E-state index contributed by atoms with van der Waals surface area (Å²) in [5, 5.41) is 15.4. The van der Waals surface area contributed by atoms with Crippen molar-refractivity contribution in [2.75, 3.05) is 0 Å². The number of hydrogen-bond donors (Lipinski definition) is 2. The Morgan fingerprint density at radius 3 is 2.51 bits per heavy atom. The third-order valence-electron chi connectivity index (χ3n) is 7.16. The maximum atomic E-state index is 13.5. The second-order valence-electron chi connectivity index (χ2n) is 9.86. The number of nitriles is 1. The first-order chi connectivity index (χ1) is 18.1. The van der Waals surface area contributed by atoms with Crippen molar-refractivity contribution in [1.82, 2.24) is 15.2 Å². The fraction of sp³-hybridized carbons (Fsp3) is 0.387. The zero-order valence-corrected chi connectivity index (χ0v) is 21.6. The zero-order valence-electron chi connectivity index (χ0n) is 21.6. The second kappa shape index (κ2) is 12.9. The summed E-state index contributed by atoms with van der Waals surface area (Å²) in [5.41, 5.74) is 5.04. The van der Waals surface area contributed by atoms with E-state index in [2.05, 4.69) is 23.6 Å². The normalized spacial score (nSPS) is 13.6. The van der Waals surface area contributed by atoms with Crippen molar-refractivity contribution in [2.45, 2.75) is 77.4 Å². The smallest absolute Gasteiger partial charge is 0.315 e. The van der Waals surface area contributed by atoms with Crippen LogP contribution in [-0.2, 0) is 19.5 Å². The van der Waals surface area contributed by atoms with Crippen LogP contribution in [0.5, 0.6) is 0 Å². The van der Waals surface area contributed by atoms with Gasteiger partial charge in [-0.1, -0.05) is 75.1 Å². The van der Waals surface area contributed by atoms with Gasteiger partial charge >= 0.3 is 6.03 Å². The first kappa shape index (κ1) is 26.2. The van der Waals surface area contributed by atoms with Gasteiger partial charge in [0.15, 0.2) is 0 Å². The van der Waals surface area contributed by atoms with Gasteiger partial charge in [-0.2, -0.15) is 5.26 Å². The van der Waals surface area contributed by atoms with Crippen LogP contribution in [0.3, 0.4) is 0 Å². The molecule has 6 heteroatoms. The van der Waals surface area contributed by atoms with Gasteiger partial charge in [-0.3, -0.25) is 4.79 Å². The summed E-state index contributed by atoms with van der Waals surface area (Å²) in [7, 11) is 0. The third-order valence-corrected chi connectivity index (χ3v) is 7.16. The molecule has 0 atom stereocenters. The van der Waals surface area contributed by atoms with E-state index in [9.17, 15) is 14.9 Å². The summed E-state index contributed by atoms with van der Waals surface area (Å²) in [4.78, 5) is 25.9. The number of nitrogens with one attached hydrogen (secondary N) is 2. The molecular formula is C31H36N4O2. The molecule has 4 rings (SSSR count). The van der Waals surface area contributed by atoms with Gasteiger partial charge in [-0.15, -0.1) is 0 Å². The highest BCUT2D eigenvalue weighted by atomic mass is 16.2. The largest absolute Gasteiger partial charge is 0.335 e.